The molecule has 0 bridgehead atoms. The quantitative estimate of drug-likeness (QED) is 0.544. The smallest absolute Gasteiger partial charge is 0.328 e. The Labute approximate surface area is 132 Å². The lowest BCUT2D eigenvalue weighted by molar-refractivity contribution is -0.144. The highest BCUT2D eigenvalue weighted by atomic mass is 32.1. The molecule has 116 valence electrons. The van der Waals surface area contributed by atoms with Crippen LogP contribution in [0, 0.1) is 0 Å². The van der Waals surface area contributed by atoms with Crippen LogP contribution in [0.25, 0.3) is 0 Å². The lowest BCUT2D eigenvalue weighted by atomic mass is 10.1. The maximum absolute atomic E-state index is 12.1. The minimum atomic E-state index is -0.372. The van der Waals surface area contributed by atoms with Gasteiger partial charge in [-0.05, 0) is 56.8 Å². The van der Waals surface area contributed by atoms with Crippen molar-refractivity contribution in [2.45, 2.75) is 39.3 Å². The maximum Gasteiger partial charge on any atom is 0.328 e. The predicted octanol–water partition coefficient (Wildman–Crippen LogP) is 3.23. The van der Waals surface area contributed by atoms with Crippen molar-refractivity contribution in [3.63, 3.8) is 0 Å². The normalized spacial score (nSPS) is 13.1. The predicted molar refractivity (Wildman–Crippen MR) is 89.3 cm³/mol. The summed E-state index contributed by atoms with van der Waals surface area (Å²) in [5.41, 5.74) is 0.945. The van der Waals surface area contributed by atoms with Gasteiger partial charge >= 0.3 is 5.97 Å². The highest BCUT2D eigenvalue weighted by molar-refractivity contribution is 7.78. The van der Waals surface area contributed by atoms with E-state index in [1.54, 1.807) is 12.5 Å². The molecule has 0 radical (unpaired) electrons. The number of nitrogens with zero attached hydrogens (tertiary/aromatic N) is 1. The molecule has 1 unspecified atom stereocenters. The zero-order valence-electron chi connectivity index (χ0n) is 13.0. The number of benzene rings is 1. The second kappa shape index (κ2) is 8.62. The van der Waals surface area contributed by atoms with Gasteiger partial charge in [0.2, 0.25) is 0 Å². The molecule has 2 atom stereocenters. The Morgan fingerprint density at radius 3 is 2.43 bits per heavy atom. The van der Waals surface area contributed by atoms with E-state index in [-0.39, 0.29) is 18.1 Å². The van der Waals surface area contributed by atoms with Crippen molar-refractivity contribution in [3.05, 3.63) is 24.3 Å². The summed E-state index contributed by atoms with van der Waals surface area (Å²) in [7, 11) is 1.63. The van der Waals surface area contributed by atoms with Crippen molar-refractivity contribution in [2.24, 2.45) is 0 Å². The lowest BCUT2D eigenvalue weighted by Crippen LogP contribution is -2.45. The van der Waals surface area contributed by atoms with Crippen molar-refractivity contribution in [1.82, 2.24) is 0 Å². The van der Waals surface area contributed by atoms with Crippen LogP contribution in [0.15, 0.2) is 24.3 Å². The van der Waals surface area contributed by atoms with E-state index in [1.807, 2.05) is 49.9 Å². The van der Waals surface area contributed by atoms with Gasteiger partial charge in [0, 0.05) is 11.7 Å². The first kappa shape index (κ1) is 17.4. The number of thiocarbonyl (C=S) groups is 1. The topological polar surface area (TPSA) is 38.8 Å². The van der Waals surface area contributed by atoms with Gasteiger partial charge in [0.15, 0.2) is 0 Å². The van der Waals surface area contributed by atoms with E-state index in [9.17, 15) is 4.79 Å². The van der Waals surface area contributed by atoms with E-state index >= 15 is 0 Å². The van der Waals surface area contributed by atoms with Gasteiger partial charge in [0.1, 0.15) is 11.8 Å². The summed E-state index contributed by atoms with van der Waals surface area (Å²) in [6, 6.07) is 7.37. The van der Waals surface area contributed by atoms with Gasteiger partial charge < -0.3 is 14.4 Å². The molecule has 0 heterocycles. The number of anilines is 1. The van der Waals surface area contributed by atoms with E-state index < -0.39 is 0 Å². The Hall–Kier alpha value is -1.62. The van der Waals surface area contributed by atoms with Crippen LogP contribution in [0.5, 0.6) is 5.75 Å². The maximum atomic E-state index is 12.1. The number of hydrogen-bond donors (Lipinski definition) is 0. The summed E-state index contributed by atoms with van der Waals surface area (Å²) in [6.45, 7) is 6.08. The summed E-state index contributed by atoms with van der Waals surface area (Å²) >= 11 is 4.95. The minimum absolute atomic E-state index is 0.107. The van der Waals surface area contributed by atoms with Crippen LogP contribution < -0.4 is 9.64 Å². The highest BCUT2D eigenvalue weighted by Gasteiger charge is 2.26. The average Bonchev–Trinajstić information content (AvgIpc) is 2.48. The molecule has 4 nitrogen and oxygen atoms in total. The molecule has 0 saturated heterocycles. The van der Waals surface area contributed by atoms with E-state index in [2.05, 4.69) is 0 Å². The van der Waals surface area contributed by atoms with Gasteiger partial charge in [-0.2, -0.15) is 0 Å². The number of carbonyl (C=O) groups excluding carboxylic acids is 1. The van der Waals surface area contributed by atoms with Crippen LogP contribution in [0.3, 0.4) is 0 Å². The Morgan fingerprint density at radius 1 is 1.33 bits per heavy atom. The summed E-state index contributed by atoms with van der Waals surface area (Å²) in [5, 5.41) is 1.69. The number of ether oxygens (including phenoxy) is 2. The number of esters is 1. The molecule has 1 aromatic carbocycles. The van der Waals surface area contributed by atoms with Gasteiger partial charge in [0.25, 0.3) is 0 Å². The Bertz CT molecular complexity index is 461. The van der Waals surface area contributed by atoms with Crippen LogP contribution >= 0.6 is 12.2 Å². The zero-order chi connectivity index (χ0) is 15.8. The summed E-state index contributed by atoms with van der Waals surface area (Å²) in [5.74, 6) is 0.550. The van der Waals surface area contributed by atoms with Gasteiger partial charge in [-0.1, -0.05) is 12.2 Å². The molecule has 0 fully saturated rings. The first-order valence-corrected chi connectivity index (χ1v) is 7.54. The van der Waals surface area contributed by atoms with Gasteiger partial charge in [-0.25, -0.2) is 4.79 Å². The highest BCUT2D eigenvalue weighted by Crippen LogP contribution is 2.24. The zero-order valence-corrected chi connectivity index (χ0v) is 13.9. The average molecular weight is 309 g/mol. The van der Waals surface area contributed by atoms with Crippen molar-refractivity contribution in [1.29, 1.82) is 0 Å². The Balaban J connectivity index is 3.05. The summed E-state index contributed by atoms with van der Waals surface area (Å²) < 4.78 is 10.3. The lowest BCUT2D eigenvalue weighted by Gasteiger charge is -2.35. The molecular weight excluding hydrogens is 286 g/mol. The molecule has 0 spiro atoms. The van der Waals surface area contributed by atoms with Crippen LogP contribution in [0.2, 0.25) is 0 Å². The molecule has 5 heteroatoms. The second-order valence-electron chi connectivity index (χ2n) is 4.78. The van der Waals surface area contributed by atoms with Crippen LogP contribution in [-0.2, 0) is 9.53 Å². The van der Waals surface area contributed by atoms with Crippen molar-refractivity contribution in [3.8, 4) is 5.75 Å². The van der Waals surface area contributed by atoms with Crippen LogP contribution in [-0.4, -0.2) is 37.1 Å². The Kier molecular flexibility index (Phi) is 7.15. The number of methoxy groups -OCH3 is 1. The summed E-state index contributed by atoms with van der Waals surface area (Å²) in [4.78, 5) is 14.1. The van der Waals surface area contributed by atoms with Gasteiger partial charge in [-0.3, -0.25) is 0 Å². The second-order valence-corrected chi connectivity index (χ2v) is 5.12. The fraction of sp³-hybridized carbons (Fsp3) is 0.500. The van der Waals surface area contributed by atoms with E-state index in [0.717, 1.165) is 11.4 Å². The van der Waals surface area contributed by atoms with Crippen LogP contribution in [0.4, 0.5) is 5.69 Å². The van der Waals surface area contributed by atoms with Crippen molar-refractivity contribution >= 4 is 29.2 Å². The molecule has 0 N–H and O–H groups in total. The number of carbonyl (C=O) groups is 1. The molecule has 0 saturated carbocycles. The largest absolute Gasteiger partial charge is 0.497 e. The molecule has 21 heavy (non-hydrogen) atoms. The number of rotatable bonds is 8. The van der Waals surface area contributed by atoms with Crippen LogP contribution in [0.1, 0.15) is 27.2 Å². The van der Waals surface area contributed by atoms with Gasteiger partial charge in [0.05, 0.1) is 13.7 Å². The molecule has 0 aliphatic heterocycles. The minimum Gasteiger partial charge on any atom is -0.497 e. The molecule has 0 aliphatic carbocycles. The van der Waals surface area contributed by atoms with Gasteiger partial charge in [-0.15, -0.1) is 0 Å². The first-order valence-electron chi connectivity index (χ1n) is 7.07. The molecule has 0 aliphatic rings. The third-order valence-electron chi connectivity index (χ3n) is 3.33. The van der Waals surface area contributed by atoms with E-state index in [4.69, 9.17) is 21.7 Å². The molecule has 1 aromatic rings. The van der Waals surface area contributed by atoms with E-state index in [1.165, 1.54) is 0 Å². The summed E-state index contributed by atoms with van der Waals surface area (Å²) in [6.07, 6.45) is 0.713. The Morgan fingerprint density at radius 2 is 1.95 bits per heavy atom. The first-order chi connectivity index (χ1) is 10.0. The monoisotopic (exact) mass is 309 g/mol. The molecule has 1 rings (SSSR count). The van der Waals surface area contributed by atoms with Crippen molar-refractivity contribution in [2.75, 3.05) is 18.6 Å². The number of hydrogen-bond acceptors (Lipinski definition) is 5. The fourth-order valence-corrected chi connectivity index (χ4v) is 2.52. The standard InChI is InChI=1S/C16H23NO3S/c1-5-20-16(18)13(3)17(12(2)10-11-21)14-6-8-15(19-4)9-7-14/h6-9,11-13H,5,10H2,1-4H3/t12?,13-/m0/s1. The third-order valence-corrected chi connectivity index (χ3v) is 3.52. The SMILES string of the molecule is CCOC(=O)[C@H](C)N(c1ccc(OC)cc1)C(C)CC=S. The molecular formula is C16H23NO3S. The van der Waals surface area contributed by atoms with Crippen molar-refractivity contribution < 1.29 is 14.3 Å². The molecule has 0 aromatic heterocycles. The third kappa shape index (κ3) is 4.70. The molecule has 0 amide bonds. The van der Waals surface area contributed by atoms with E-state index in [0.29, 0.717) is 13.0 Å². The fourth-order valence-electron chi connectivity index (χ4n) is 2.24.